The van der Waals surface area contributed by atoms with E-state index in [9.17, 15) is 19.2 Å². The average molecular weight is 901 g/mol. The highest BCUT2D eigenvalue weighted by Gasteiger charge is 2.46. The first-order chi connectivity index (χ1) is 31.9. The predicted molar refractivity (Wildman–Crippen MR) is 247 cm³/mol. The maximum Gasteiger partial charge on any atom is 0.407 e. The van der Waals surface area contributed by atoms with Crippen LogP contribution in [0.2, 0.25) is 0 Å². The van der Waals surface area contributed by atoms with Crippen molar-refractivity contribution in [2.45, 2.75) is 141 Å². The van der Waals surface area contributed by atoms with Crippen molar-refractivity contribution in [3.63, 3.8) is 0 Å². The van der Waals surface area contributed by atoms with Gasteiger partial charge in [0.15, 0.2) is 0 Å². The molecule has 1 saturated carbocycles. The number of rotatable bonds is 11. The molecule has 6 aliphatic rings. The van der Waals surface area contributed by atoms with Crippen molar-refractivity contribution in [1.29, 1.82) is 0 Å². The van der Waals surface area contributed by atoms with Crippen molar-refractivity contribution in [3.05, 3.63) is 70.6 Å². The van der Waals surface area contributed by atoms with E-state index >= 15 is 0 Å². The second-order valence-electron chi connectivity index (χ2n) is 20.3. The van der Waals surface area contributed by atoms with Crippen LogP contribution in [0.4, 0.5) is 9.59 Å². The molecule has 2 aliphatic carbocycles. The minimum absolute atomic E-state index is 0.00142. The molecule has 4 N–H and O–H groups in total. The average Bonchev–Trinajstić information content (AvgIpc) is 4.17. The molecule has 2 bridgehead atoms. The smallest absolute Gasteiger partial charge is 0.407 e. The van der Waals surface area contributed by atoms with Crippen LogP contribution in [0.3, 0.4) is 0 Å². The molecule has 2 aromatic heterocycles. The first-order valence-electron chi connectivity index (χ1n) is 24.3. The van der Waals surface area contributed by atoms with Crippen LogP contribution < -0.4 is 10.6 Å². The molecule has 6 atom stereocenters. The van der Waals surface area contributed by atoms with E-state index in [4.69, 9.17) is 24.2 Å². The van der Waals surface area contributed by atoms with Crippen LogP contribution in [0.25, 0.3) is 33.6 Å². The zero-order valence-corrected chi connectivity index (χ0v) is 39.1. The molecule has 4 fully saturated rings. The molecule has 4 amide bonds. The molecule has 15 nitrogen and oxygen atoms in total. The van der Waals surface area contributed by atoms with E-state index in [-0.39, 0.29) is 53.4 Å². The number of nitrogens with one attached hydrogen (secondary N) is 4. The van der Waals surface area contributed by atoms with Gasteiger partial charge in [0, 0.05) is 24.2 Å². The summed E-state index contributed by atoms with van der Waals surface area (Å²) in [6.45, 7) is 8.90. The van der Waals surface area contributed by atoms with Gasteiger partial charge in [-0.1, -0.05) is 64.8 Å². The second-order valence-corrected chi connectivity index (χ2v) is 20.3. The second kappa shape index (κ2) is 17.5. The van der Waals surface area contributed by atoms with Gasteiger partial charge in [-0.15, -0.1) is 0 Å². The number of carbonyl (C=O) groups excluding carboxylic acids is 4. The van der Waals surface area contributed by atoms with Crippen LogP contribution in [-0.2, 0) is 36.6 Å². The molecule has 1 spiro atoms. The van der Waals surface area contributed by atoms with Gasteiger partial charge >= 0.3 is 12.2 Å². The van der Waals surface area contributed by atoms with Gasteiger partial charge in [-0.05, 0) is 115 Å². The Bertz CT molecular complexity index is 2540. The van der Waals surface area contributed by atoms with Crippen molar-refractivity contribution < 1.29 is 33.4 Å². The Labute approximate surface area is 386 Å². The molecule has 2 unspecified atom stereocenters. The molecule has 15 heteroatoms. The lowest BCUT2D eigenvalue weighted by Crippen LogP contribution is -2.51. The number of aromatic nitrogens is 4. The fourth-order valence-electron chi connectivity index (χ4n) is 12.4. The third kappa shape index (κ3) is 7.64. The summed E-state index contributed by atoms with van der Waals surface area (Å²) in [5, 5.41) is 5.51. The Morgan fingerprint density at radius 3 is 1.62 bits per heavy atom. The standard InChI is InChI=1S/C51H64N8O7/c1-27(2)43(56-49(62)64-5)47(60)58-21-9-11-37(58)45-52-25-35(54-45)30-14-13-29(33-23-51(24-34(30)33)19-7-8-20-51)31-15-16-32(42-40-18-17-39(66-40)41(31)42)36-26-53-46(55-36)38-12-10-22-59(38)48(61)44(28(3)4)57-50(63)65-6/h13-16,25-28,37-40,43-44H,7-12,17-24H2,1-6H3,(H,52,54)(H,53,55)(H,56,62)(H,57,63)/t37-,38+,39?,40?,43+,44-/m0/s1. The summed E-state index contributed by atoms with van der Waals surface area (Å²) >= 11 is 0. The van der Waals surface area contributed by atoms with Gasteiger partial charge in [0.2, 0.25) is 11.8 Å². The van der Waals surface area contributed by atoms with Crippen LogP contribution in [0.1, 0.15) is 150 Å². The number of hydrogen-bond donors (Lipinski definition) is 4. The van der Waals surface area contributed by atoms with Gasteiger partial charge in [-0.2, -0.15) is 0 Å². The van der Waals surface area contributed by atoms with Crippen molar-refractivity contribution in [2.24, 2.45) is 17.3 Å². The Balaban J connectivity index is 0.969. The number of benzene rings is 2. The third-order valence-electron chi connectivity index (χ3n) is 15.7. The van der Waals surface area contributed by atoms with E-state index in [1.165, 1.54) is 78.8 Å². The summed E-state index contributed by atoms with van der Waals surface area (Å²) in [5.74, 6) is 1.05. The molecule has 4 aromatic rings. The summed E-state index contributed by atoms with van der Waals surface area (Å²) in [5.41, 5.74) is 12.3. The molecule has 0 radical (unpaired) electrons. The summed E-state index contributed by atoms with van der Waals surface area (Å²) in [4.78, 5) is 73.1. The van der Waals surface area contributed by atoms with Crippen molar-refractivity contribution in [3.8, 4) is 33.6 Å². The number of likely N-dealkylation sites (tertiary alicyclic amines) is 2. The zero-order chi connectivity index (χ0) is 46.0. The van der Waals surface area contributed by atoms with Crippen LogP contribution in [0.15, 0.2) is 36.7 Å². The molecule has 350 valence electrons. The number of nitrogens with zero attached hydrogens (tertiary/aromatic N) is 4. The van der Waals surface area contributed by atoms with Gasteiger partial charge in [0.25, 0.3) is 0 Å². The van der Waals surface area contributed by atoms with E-state index in [1.807, 2.05) is 49.9 Å². The number of H-pyrrole nitrogens is 2. The van der Waals surface area contributed by atoms with Crippen molar-refractivity contribution >= 4 is 24.0 Å². The van der Waals surface area contributed by atoms with Gasteiger partial charge < -0.3 is 44.6 Å². The molecular formula is C51H64N8O7. The van der Waals surface area contributed by atoms with Gasteiger partial charge in [0.1, 0.15) is 23.7 Å². The summed E-state index contributed by atoms with van der Waals surface area (Å²) < 4.78 is 16.4. The molecule has 2 aromatic carbocycles. The number of hydrogen-bond acceptors (Lipinski definition) is 9. The lowest BCUT2D eigenvalue weighted by molar-refractivity contribution is -0.136. The van der Waals surface area contributed by atoms with Crippen LogP contribution in [0.5, 0.6) is 0 Å². The maximum absolute atomic E-state index is 13.9. The van der Waals surface area contributed by atoms with E-state index in [1.54, 1.807) is 0 Å². The van der Waals surface area contributed by atoms with Crippen molar-refractivity contribution in [2.75, 3.05) is 27.3 Å². The quantitative estimate of drug-likeness (QED) is 0.114. The fourth-order valence-corrected chi connectivity index (χ4v) is 12.4. The van der Waals surface area contributed by atoms with Crippen LogP contribution in [-0.4, -0.2) is 93.1 Å². The summed E-state index contributed by atoms with van der Waals surface area (Å²) in [7, 11) is 2.62. The highest BCUT2D eigenvalue weighted by Crippen LogP contribution is 2.59. The zero-order valence-electron chi connectivity index (χ0n) is 39.1. The molecule has 4 aliphatic heterocycles. The molecular weight excluding hydrogens is 837 g/mol. The molecule has 10 rings (SSSR count). The lowest BCUT2D eigenvalue weighted by Gasteiger charge is -2.30. The van der Waals surface area contributed by atoms with E-state index in [2.05, 4.69) is 44.9 Å². The SMILES string of the molecule is COC(=O)N[C@H](C(=O)N1CCC[C@@H]1c1ncc(-c2ccc(-c3ccc(-c4cnc([C@@H]5CCCN5C(=O)[C@H](NC(=O)OC)C(C)C)[nH]4)c4c3CC3(CCCC3)C4)c3c2C2CCC3O2)[nH]1)C(C)C. The Kier molecular flexibility index (Phi) is 11.7. The highest BCUT2D eigenvalue weighted by atomic mass is 16.5. The molecule has 6 heterocycles. The topological polar surface area (TPSA) is 184 Å². The fraction of sp³-hybridized carbons (Fsp3) is 0.569. The van der Waals surface area contributed by atoms with E-state index < -0.39 is 24.3 Å². The first-order valence-corrected chi connectivity index (χ1v) is 24.3. The number of carbonyl (C=O) groups is 4. The van der Waals surface area contributed by atoms with E-state index in [0.717, 1.165) is 80.0 Å². The predicted octanol–water partition coefficient (Wildman–Crippen LogP) is 8.79. The van der Waals surface area contributed by atoms with E-state index in [0.29, 0.717) is 13.1 Å². The normalized spacial score (nSPS) is 23.5. The van der Waals surface area contributed by atoms with Crippen LogP contribution in [0, 0.1) is 17.3 Å². The minimum atomic E-state index is -0.700. The summed E-state index contributed by atoms with van der Waals surface area (Å²) in [6.07, 6.45) is 14.9. The highest BCUT2D eigenvalue weighted by molar-refractivity contribution is 5.88. The number of amides is 4. The Hall–Kier alpha value is -5.70. The van der Waals surface area contributed by atoms with Crippen LogP contribution >= 0.6 is 0 Å². The number of ether oxygens (including phenoxy) is 3. The Morgan fingerprint density at radius 1 is 0.652 bits per heavy atom. The maximum atomic E-state index is 13.9. The summed E-state index contributed by atoms with van der Waals surface area (Å²) in [6, 6.07) is 7.30. The van der Waals surface area contributed by atoms with Gasteiger partial charge in [-0.25, -0.2) is 19.6 Å². The number of methoxy groups -OCH3 is 2. The molecule has 3 saturated heterocycles. The monoisotopic (exact) mass is 900 g/mol. The van der Waals surface area contributed by atoms with Crippen molar-refractivity contribution in [1.82, 2.24) is 40.4 Å². The number of fused-ring (bicyclic) bond motifs is 6. The molecule has 66 heavy (non-hydrogen) atoms. The number of aromatic amines is 2. The number of imidazole rings is 2. The van der Waals surface area contributed by atoms with Gasteiger partial charge in [-0.3, -0.25) is 9.59 Å². The third-order valence-corrected chi connectivity index (χ3v) is 15.7. The largest absolute Gasteiger partial charge is 0.453 e. The number of alkyl carbamates (subject to hydrolysis) is 2. The van der Waals surface area contributed by atoms with Gasteiger partial charge in [0.05, 0.1) is 62.3 Å². The minimum Gasteiger partial charge on any atom is -0.453 e. The first kappa shape index (κ1) is 44.2. The lowest BCUT2D eigenvalue weighted by atomic mass is 9.80. The Morgan fingerprint density at radius 2 is 1.11 bits per heavy atom.